The SMILES string of the molecule is CCc1ccc(C(=O)c2cccnc2N)cc1. The molecule has 0 spiro atoms. The number of aromatic nitrogens is 1. The van der Waals surface area contributed by atoms with Crippen molar-refractivity contribution in [3.05, 3.63) is 59.3 Å². The molecule has 1 heterocycles. The molecule has 3 nitrogen and oxygen atoms in total. The number of nitrogen functional groups attached to an aromatic ring is 1. The molecule has 1 aromatic carbocycles. The van der Waals surface area contributed by atoms with Gasteiger partial charge in [0.2, 0.25) is 0 Å². The van der Waals surface area contributed by atoms with Crippen molar-refractivity contribution < 1.29 is 4.79 Å². The summed E-state index contributed by atoms with van der Waals surface area (Å²) in [7, 11) is 0. The standard InChI is InChI=1S/C14H14N2O/c1-2-10-5-7-11(8-6-10)13(17)12-4-3-9-16-14(12)15/h3-9H,2H2,1H3,(H2,15,16). The van der Waals surface area contributed by atoms with Crippen molar-refractivity contribution in [2.24, 2.45) is 0 Å². The van der Waals surface area contributed by atoms with Crippen molar-refractivity contribution in [1.29, 1.82) is 0 Å². The highest BCUT2D eigenvalue weighted by Crippen LogP contribution is 2.14. The minimum absolute atomic E-state index is 0.0850. The Morgan fingerprint density at radius 2 is 1.94 bits per heavy atom. The smallest absolute Gasteiger partial charge is 0.196 e. The van der Waals surface area contributed by atoms with Crippen molar-refractivity contribution in [2.75, 3.05) is 5.73 Å². The largest absolute Gasteiger partial charge is 0.383 e. The van der Waals surface area contributed by atoms with Crippen molar-refractivity contribution in [1.82, 2.24) is 4.98 Å². The number of carbonyl (C=O) groups is 1. The van der Waals surface area contributed by atoms with E-state index in [9.17, 15) is 4.79 Å². The molecular weight excluding hydrogens is 212 g/mol. The Morgan fingerprint density at radius 1 is 1.24 bits per heavy atom. The van der Waals surface area contributed by atoms with Crippen LogP contribution in [0, 0.1) is 0 Å². The van der Waals surface area contributed by atoms with E-state index < -0.39 is 0 Å². The topological polar surface area (TPSA) is 56.0 Å². The molecule has 0 bridgehead atoms. The average Bonchev–Trinajstić information content (AvgIpc) is 2.39. The van der Waals surface area contributed by atoms with Crippen LogP contribution in [0.2, 0.25) is 0 Å². The molecule has 1 aromatic heterocycles. The lowest BCUT2D eigenvalue weighted by atomic mass is 10.0. The second-order valence-electron chi connectivity index (χ2n) is 3.82. The monoisotopic (exact) mass is 226 g/mol. The van der Waals surface area contributed by atoms with Crippen LogP contribution in [0.1, 0.15) is 28.4 Å². The molecule has 0 radical (unpaired) electrons. The predicted octanol–water partition coefficient (Wildman–Crippen LogP) is 2.46. The fourth-order valence-corrected chi connectivity index (χ4v) is 1.66. The van der Waals surface area contributed by atoms with Gasteiger partial charge in [-0.05, 0) is 24.1 Å². The van der Waals surface area contributed by atoms with Crippen LogP contribution in [0.15, 0.2) is 42.6 Å². The Balaban J connectivity index is 2.34. The van der Waals surface area contributed by atoms with E-state index in [1.165, 1.54) is 5.56 Å². The molecule has 0 fully saturated rings. The molecule has 86 valence electrons. The van der Waals surface area contributed by atoms with Gasteiger partial charge in [-0.1, -0.05) is 31.2 Å². The summed E-state index contributed by atoms with van der Waals surface area (Å²) in [6, 6.07) is 11.0. The zero-order chi connectivity index (χ0) is 12.3. The maximum absolute atomic E-state index is 12.1. The molecule has 0 saturated heterocycles. The molecule has 0 unspecified atom stereocenters. The van der Waals surface area contributed by atoms with Crippen molar-refractivity contribution in [3.8, 4) is 0 Å². The molecular formula is C14H14N2O. The van der Waals surface area contributed by atoms with Crippen LogP contribution < -0.4 is 5.73 Å². The summed E-state index contributed by atoms with van der Waals surface area (Å²) in [5, 5.41) is 0. The van der Waals surface area contributed by atoms with E-state index in [-0.39, 0.29) is 11.6 Å². The van der Waals surface area contributed by atoms with Gasteiger partial charge in [-0.3, -0.25) is 4.79 Å². The fraction of sp³-hybridized carbons (Fsp3) is 0.143. The third-order valence-corrected chi connectivity index (χ3v) is 2.71. The van der Waals surface area contributed by atoms with E-state index >= 15 is 0 Å². The van der Waals surface area contributed by atoms with Gasteiger partial charge in [-0.25, -0.2) is 4.98 Å². The predicted molar refractivity (Wildman–Crippen MR) is 67.9 cm³/mol. The lowest BCUT2D eigenvalue weighted by Gasteiger charge is -2.04. The highest BCUT2D eigenvalue weighted by molar-refractivity contribution is 6.11. The van der Waals surface area contributed by atoms with Crippen LogP contribution in [0.5, 0.6) is 0 Å². The molecule has 0 aliphatic heterocycles. The van der Waals surface area contributed by atoms with E-state index in [2.05, 4.69) is 11.9 Å². The second-order valence-corrected chi connectivity index (χ2v) is 3.82. The van der Waals surface area contributed by atoms with Crippen LogP contribution >= 0.6 is 0 Å². The number of pyridine rings is 1. The minimum atomic E-state index is -0.0850. The molecule has 2 rings (SSSR count). The number of nitrogens with two attached hydrogens (primary N) is 1. The van der Waals surface area contributed by atoms with Gasteiger partial charge in [0.25, 0.3) is 0 Å². The number of nitrogens with zero attached hydrogens (tertiary/aromatic N) is 1. The molecule has 0 aliphatic carbocycles. The first-order chi connectivity index (χ1) is 8.22. The van der Waals surface area contributed by atoms with Gasteiger partial charge in [0.05, 0.1) is 5.56 Å². The van der Waals surface area contributed by atoms with Gasteiger partial charge in [0.1, 0.15) is 5.82 Å². The molecule has 2 N–H and O–H groups in total. The Bertz CT molecular complexity index is 532. The summed E-state index contributed by atoms with van der Waals surface area (Å²) >= 11 is 0. The van der Waals surface area contributed by atoms with Gasteiger partial charge < -0.3 is 5.73 Å². The highest BCUT2D eigenvalue weighted by Gasteiger charge is 2.12. The van der Waals surface area contributed by atoms with Crippen molar-refractivity contribution in [3.63, 3.8) is 0 Å². The Kier molecular flexibility index (Phi) is 3.19. The number of hydrogen-bond donors (Lipinski definition) is 1. The van der Waals surface area contributed by atoms with Gasteiger partial charge >= 0.3 is 0 Å². The number of aryl methyl sites for hydroxylation is 1. The van der Waals surface area contributed by atoms with E-state index in [4.69, 9.17) is 5.73 Å². The Morgan fingerprint density at radius 3 is 2.53 bits per heavy atom. The van der Waals surface area contributed by atoms with E-state index in [1.54, 1.807) is 18.3 Å². The minimum Gasteiger partial charge on any atom is -0.383 e. The quantitative estimate of drug-likeness (QED) is 0.818. The van der Waals surface area contributed by atoms with E-state index in [0.29, 0.717) is 11.1 Å². The van der Waals surface area contributed by atoms with Gasteiger partial charge in [-0.2, -0.15) is 0 Å². The molecule has 2 aromatic rings. The van der Waals surface area contributed by atoms with Crippen LogP contribution in [-0.4, -0.2) is 10.8 Å². The van der Waals surface area contributed by atoms with Crippen molar-refractivity contribution >= 4 is 11.6 Å². The number of rotatable bonds is 3. The zero-order valence-electron chi connectivity index (χ0n) is 9.68. The Hall–Kier alpha value is -2.16. The summed E-state index contributed by atoms with van der Waals surface area (Å²) in [6.07, 6.45) is 2.54. The van der Waals surface area contributed by atoms with Crippen LogP contribution in [0.4, 0.5) is 5.82 Å². The van der Waals surface area contributed by atoms with Crippen LogP contribution in [0.25, 0.3) is 0 Å². The van der Waals surface area contributed by atoms with E-state index in [1.807, 2.05) is 24.3 Å². The fourth-order valence-electron chi connectivity index (χ4n) is 1.66. The molecule has 0 atom stereocenters. The van der Waals surface area contributed by atoms with E-state index in [0.717, 1.165) is 6.42 Å². The Labute approximate surface area is 100 Å². The number of anilines is 1. The number of ketones is 1. The van der Waals surface area contributed by atoms with Gasteiger partial charge in [0.15, 0.2) is 5.78 Å². The summed E-state index contributed by atoms with van der Waals surface area (Å²) < 4.78 is 0. The summed E-state index contributed by atoms with van der Waals surface area (Å²) in [4.78, 5) is 16.1. The molecule has 3 heteroatoms. The van der Waals surface area contributed by atoms with Crippen molar-refractivity contribution in [2.45, 2.75) is 13.3 Å². The third-order valence-electron chi connectivity index (χ3n) is 2.71. The molecule has 0 amide bonds. The third kappa shape index (κ3) is 2.33. The first kappa shape index (κ1) is 11.3. The summed E-state index contributed by atoms with van der Waals surface area (Å²) in [5.74, 6) is 0.190. The first-order valence-electron chi connectivity index (χ1n) is 5.56. The number of hydrogen-bond acceptors (Lipinski definition) is 3. The van der Waals surface area contributed by atoms with Gasteiger partial charge in [-0.15, -0.1) is 0 Å². The van der Waals surface area contributed by atoms with Gasteiger partial charge in [0, 0.05) is 11.8 Å². The number of benzene rings is 1. The lowest BCUT2D eigenvalue weighted by molar-refractivity contribution is 0.103. The highest BCUT2D eigenvalue weighted by atomic mass is 16.1. The van der Waals surface area contributed by atoms with Crippen LogP contribution in [-0.2, 0) is 6.42 Å². The zero-order valence-corrected chi connectivity index (χ0v) is 9.68. The maximum Gasteiger partial charge on any atom is 0.196 e. The second kappa shape index (κ2) is 4.78. The number of carbonyl (C=O) groups excluding carboxylic acids is 1. The summed E-state index contributed by atoms with van der Waals surface area (Å²) in [5.41, 5.74) is 7.99. The maximum atomic E-state index is 12.1. The molecule has 17 heavy (non-hydrogen) atoms. The average molecular weight is 226 g/mol. The van der Waals surface area contributed by atoms with Crippen LogP contribution in [0.3, 0.4) is 0 Å². The molecule has 0 saturated carbocycles. The normalized spacial score (nSPS) is 10.2. The first-order valence-corrected chi connectivity index (χ1v) is 5.56. The lowest BCUT2D eigenvalue weighted by Crippen LogP contribution is -2.06. The molecule has 0 aliphatic rings. The summed E-state index contributed by atoms with van der Waals surface area (Å²) in [6.45, 7) is 2.08.